The lowest BCUT2D eigenvalue weighted by Crippen LogP contribution is -2.50. The van der Waals surface area contributed by atoms with E-state index in [1.165, 1.54) is 4.90 Å². The van der Waals surface area contributed by atoms with Gasteiger partial charge in [-0.05, 0) is 19.1 Å². The number of benzene rings is 1. The molecule has 0 unspecified atom stereocenters. The van der Waals surface area contributed by atoms with E-state index in [1.807, 2.05) is 19.1 Å². The van der Waals surface area contributed by atoms with Crippen molar-refractivity contribution in [3.63, 3.8) is 0 Å². The van der Waals surface area contributed by atoms with Crippen LogP contribution in [0, 0.1) is 6.92 Å². The topological polar surface area (TPSA) is 76.4 Å². The number of rotatable bonds is 1. The number of carbonyl (C=O) groups is 1. The number of likely N-dealkylation sites (N-methyl/N-ethyl adjacent to an activating group) is 1. The van der Waals surface area contributed by atoms with Crippen molar-refractivity contribution >= 4 is 17.4 Å². The fourth-order valence-corrected chi connectivity index (χ4v) is 1.72. The number of carbonyl (C=O) groups excluding carboxylic acids is 1. The molecule has 18 heavy (non-hydrogen) atoms. The van der Waals surface area contributed by atoms with Crippen LogP contribution in [-0.2, 0) is 4.79 Å². The summed E-state index contributed by atoms with van der Waals surface area (Å²) in [6.07, 6.45) is 0. The minimum atomic E-state index is -2.58. The van der Waals surface area contributed by atoms with E-state index < -0.39 is 11.7 Å². The molecule has 1 amide bonds. The molecule has 1 aliphatic rings. The van der Waals surface area contributed by atoms with Gasteiger partial charge in [0.2, 0.25) is 0 Å². The normalized spacial score (nSPS) is 17.9. The lowest BCUT2D eigenvalue weighted by Gasteiger charge is -2.20. The van der Waals surface area contributed by atoms with Crippen LogP contribution in [0.2, 0.25) is 0 Å². The molecular formula is C12H15N3O3. The first kappa shape index (κ1) is 12.5. The van der Waals surface area contributed by atoms with Gasteiger partial charge in [-0.25, -0.2) is 0 Å². The molecule has 2 rings (SSSR count). The maximum atomic E-state index is 11.9. The molecule has 2 N–H and O–H groups in total. The van der Waals surface area contributed by atoms with Gasteiger partial charge in [0.15, 0.2) is 5.84 Å². The molecule has 6 heteroatoms. The van der Waals surface area contributed by atoms with E-state index in [1.54, 1.807) is 26.2 Å². The highest BCUT2D eigenvalue weighted by Gasteiger charge is 2.50. The number of nitrogens with zero attached hydrogens (tertiary/aromatic N) is 3. The van der Waals surface area contributed by atoms with Gasteiger partial charge < -0.3 is 15.1 Å². The minimum absolute atomic E-state index is 0.104. The quantitative estimate of drug-likeness (QED) is 0.681. The number of hydrogen-bond donors (Lipinski definition) is 2. The zero-order valence-corrected chi connectivity index (χ0v) is 10.5. The minimum Gasteiger partial charge on any atom is -0.360 e. The number of hydrogen-bond acceptors (Lipinski definition) is 5. The Balaban J connectivity index is 2.42. The molecule has 0 fully saturated rings. The van der Waals surface area contributed by atoms with Crippen LogP contribution in [0.25, 0.3) is 0 Å². The highest BCUT2D eigenvalue weighted by Crippen LogP contribution is 2.25. The molecule has 0 saturated carbocycles. The number of anilines is 1. The van der Waals surface area contributed by atoms with Gasteiger partial charge in [-0.3, -0.25) is 4.79 Å². The molecule has 1 aromatic carbocycles. The van der Waals surface area contributed by atoms with Crippen molar-refractivity contribution in [3.05, 3.63) is 29.8 Å². The Hall–Kier alpha value is -1.92. The molecule has 0 bridgehead atoms. The van der Waals surface area contributed by atoms with Crippen LogP contribution in [0.5, 0.6) is 0 Å². The Morgan fingerprint density at radius 1 is 1.22 bits per heavy atom. The third kappa shape index (κ3) is 1.85. The summed E-state index contributed by atoms with van der Waals surface area (Å²) in [6, 6.07) is 7.04. The first-order valence-corrected chi connectivity index (χ1v) is 5.46. The van der Waals surface area contributed by atoms with E-state index >= 15 is 0 Å². The van der Waals surface area contributed by atoms with E-state index in [0.29, 0.717) is 5.69 Å². The van der Waals surface area contributed by atoms with Crippen molar-refractivity contribution in [3.8, 4) is 0 Å². The highest BCUT2D eigenvalue weighted by molar-refractivity contribution is 6.19. The smallest absolute Gasteiger partial charge is 0.315 e. The van der Waals surface area contributed by atoms with Crippen LogP contribution in [0.15, 0.2) is 29.4 Å². The first-order chi connectivity index (χ1) is 8.34. The summed E-state index contributed by atoms with van der Waals surface area (Å²) in [5.41, 5.74) is 1.54. The fourth-order valence-electron chi connectivity index (χ4n) is 1.72. The Labute approximate surface area is 105 Å². The third-order valence-corrected chi connectivity index (χ3v) is 2.70. The van der Waals surface area contributed by atoms with Crippen LogP contribution in [0.1, 0.15) is 5.56 Å². The zero-order valence-electron chi connectivity index (χ0n) is 10.5. The average molecular weight is 249 g/mol. The molecule has 0 spiro atoms. The van der Waals surface area contributed by atoms with Crippen LogP contribution in [-0.4, -0.2) is 46.7 Å². The Bertz CT molecular complexity index is 506. The molecule has 0 radical (unpaired) electrons. The molecular weight excluding hydrogens is 234 g/mol. The Morgan fingerprint density at radius 3 is 2.22 bits per heavy atom. The van der Waals surface area contributed by atoms with Crippen molar-refractivity contribution in [2.45, 2.75) is 12.7 Å². The Kier molecular flexibility index (Phi) is 2.84. The monoisotopic (exact) mass is 249 g/mol. The van der Waals surface area contributed by atoms with Crippen LogP contribution >= 0.6 is 0 Å². The fraction of sp³-hybridized carbons (Fsp3) is 0.333. The van der Waals surface area contributed by atoms with Crippen LogP contribution in [0.3, 0.4) is 0 Å². The van der Waals surface area contributed by atoms with Crippen molar-refractivity contribution in [2.75, 3.05) is 19.1 Å². The van der Waals surface area contributed by atoms with Gasteiger partial charge in [0.05, 0.1) is 5.69 Å². The number of aliphatic hydroxyl groups is 2. The molecule has 1 aromatic rings. The standard InChI is InChI=1S/C12H15N3O3/c1-8-4-6-9(7-5-8)15-11(16)12(17,18)10(13-15)14(2)3/h4-7,17-18H,1-3H3. The van der Waals surface area contributed by atoms with E-state index in [0.717, 1.165) is 10.6 Å². The molecule has 0 aromatic heterocycles. The van der Waals surface area contributed by atoms with Crippen molar-refractivity contribution in [1.29, 1.82) is 0 Å². The van der Waals surface area contributed by atoms with Gasteiger partial charge in [0, 0.05) is 14.1 Å². The zero-order chi connectivity index (χ0) is 13.5. The van der Waals surface area contributed by atoms with E-state index in [4.69, 9.17) is 0 Å². The number of hydrazone groups is 1. The molecule has 0 aliphatic carbocycles. The molecule has 1 aliphatic heterocycles. The summed E-state index contributed by atoms with van der Waals surface area (Å²) in [5, 5.41) is 24.5. The molecule has 6 nitrogen and oxygen atoms in total. The van der Waals surface area contributed by atoms with Gasteiger partial charge in [0.25, 0.3) is 0 Å². The van der Waals surface area contributed by atoms with Gasteiger partial charge in [-0.2, -0.15) is 5.01 Å². The predicted octanol–water partition coefficient (Wildman–Crippen LogP) is -0.102. The van der Waals surface area contributed by atoms with E-state index in [-0.39, 0.29) is 5.84 Å². The maximum Gasteiger partial charge on any atom is 0.315 e. The second kappa shape index (κ2) is 4.08. The van der Waals surface area contributed by atoms with E-state index in [9.17, 15) is 15.0 Å². The molecule has 0 saturated heterocycles. The van der Waals surface area contributed by atoms with Gasteiger partial charge in [0.1, 0.15) is 0 Å². The Morgan fingerprint density at radius 2 is 1.78 bits per heavy atom. The first-order valence-electron chi connectivity index (χ1n) is 5.46. The predicted molar refractivity (Wildman–Crippen MR) is 67.0 cm³/mol. The number of aryl methyl sites for hydroxylation is 1. The summed E-state index contributed by atoms with van der Waals surface area (Å²) in [7, 11) is 3.18. The summed E-state index contributed by atoms with van der Waals surface area (Å²) < 4.78 is 0. The second-order valence-electron chi connectivity index (χ2n) is 4.44. The summed E-state index contributed by atoms with van der Waals surface area (Å²) in [4.78, 5) is 13.3. The SMILES string of the molecule is Cc1ccc(N2N=C(N(C)C)C(O)(O)C2=O)cc1. The van der Waals surface area contributed by atoms with Crippen LogP contribution in [0.4, 0.5) is 5.69 Å². The highest BCUT2D eigenvalue weighted by atomic mass is 16.5. The van der Waals surface area contributed by atoms with Gasteiger partial charge in [-0.15, -0.1) is 5.10 Å². The third-order valence-electron chi connectivity index (χ3n) is 2.70. The van der Waals surface area contributed by atoms with Crippen LogP contribution < -0.4 is 5.01 Å². The summed E-state index contributed by atoms with van der Waals surface area (Å²) >= 11 is 0. The lowest BCUT2D eigenvalue weighted by molar-refractivity contribution is -0.157. The molecule has 1 heterocycles. The summed E-state index contributed by atoms with van der Waals surface area (Å²) in [5.74, 6) is -3.56. The molecule has 0 atom stereocenters. The maximum absolute atomic E-state index is 11.9. The number of amides is 1. The van der Waals surface area contributed by atoms with Gasteiger partial charge in [-0.1, -0.05) is 17.7 Å². The molecule has 96 valence electrons. The largest absolute Gasteiger partial charge is 0.360 e. The lowest BCUT2D eigenvalue weighted by atomic mass is 10.2. The number of amidine groups is 1. The van der Waals surface area contributed by atoms with Gasteiger partial charge >= 0.3 is 11.7 Å². The van der Waals surface area contributed by atoms with Crippen molar-refractivity contribution in [2.24, 2.45) is 5.10 Å². The van der Waals surface area contributed by atoms with Crippen molar-refractivity contribution < 1.29 is 15.0 Å². The van der Waals surface area contributed by atoms with Crippen molar-refractivity contribution in [1.82, 2.24) is 4.90 Å². The van der Waals surface area contributed by atoms with E-state index in [2.05, 4.69) is 5.10 Å². The summed E-state index contributed by atoms with van der Waals surface area (Å²) in [6.45, 7) is 1.92. The second-order valence-corrected chi connectivity index (χ2v) is 4.44. The average Bonchev–Trinajstić information content (AvgIpc) is 2.53.